The number of nitrogens with zero attached hydrogens (tertiary/aromatic N) is 2. The third-order valence-electron chi connectivity index (χ3n) is 7.28. The van der Waals surface area contributed by atoms with Crippen LogP contribution in [0.4, 0.5) is 5.69 Å². The van der Waals surface area contributed by atoms with Gasteiger partial charge >= 0.3 is 0 Å². The van der Waals surface area contributed by atoms with E-state index in [9.17, 15) is 18.0 Å². The molecule has 9 heteroatoms. The minimum absolute atomic E-state index is 0.0728. The predicted molar refractivity (Wildman–Crippen MR) is 179 cm³/mol. The van der Waals surface area contributed by atoms with E-state index < -0.39 is 28.5 Å². The Morgan fingerprint density at radius 1 is 0.841 bits per heavy atom. The van der Waals surface area contributed by atoms with Crippen molar-refractivity contribution in [2.75, 3.05) is 17.4 Å². The number of halogens is 1. The zero-order valence-corrected chi connectivity index (χ0v) is 27.4. The van der Waals surface area contributed by atoms with Crippen molar-refractivity contribution in [2.45, 2.75) is 50.6 Å². The van der Waals surface area contributed by atoms with Crippen molar-refractivity contribution in [3.8, 4) is 0 Å². The number of amides is 2. The Bertz CT molecular complexity index is 1630. The molecule has 0 heterocycles. The average molecular weight is 677 g/mol. The highest BCUT2D eigenvalue weighted by Crippen LogP contribution is 2.27. The first-order valence-corrected chi connectivity index (χ1v) is 16.9. The Kier molecular flexibility index (Phi) is 11.7. The third-order valence-corrected chi connectivity index (χ3v) is 9.56. The summed E-state index contributed by atoms with van der Waals surface area (Å²) in [4.78, 5) is 29.8. The number of carbonyl (C=O) groups is 2. The van der Waals surface area contributed by atoms with Crippen molar-refractivity contribution in [3.63, 3.8) is 0 Å². The van der Waals surface area contributed by atoms with Gasteiger partial charge in [0.05, 0.1) is 10.6 Å². The molecule has 0 saturated carbocycles. The molecule has 1 unspecified atom stereocenters. The van der Waals surface area contributed by atoms with Gasteiger partial charge in [-0.1, -0.05) is 114 Å². The van der Waals surface area contributed by atoms with E-state index in [4.69, 9.17) is 0 Å². The molecular formula is C35H38BrN3O4S. The molecule has 0 fully saturated rings. The van der Waals surface area contributed by atoms with Crippen molar-refractivity contribution in [1.29, 1.82) is 0 Å². The number of nitrogens with one attached hydrogen (secondary N) is 1. The van der Waals surface area contributed by atoms with Crippen LogP contribution in [0.3, 0.4) is 0 Å². The summed E-state index contributed by atoms with van der Waals surface area (Å²) in [5.74, 6) is -0.766. The van der Waals surface area contributed by atoms with E-state index in [-0.39, 0.29) is 23.8 Å². The van der Waals surface area contributed by atoms with Crippen LogP contribution in [0.25, 0.3) is 0 Å². The smallest absolute Gasteiger partial charge is 0.264 e. The van der Waals surface area contributed by atoms with E-state index in [2.05, 4.69) is 21.2 Å². The van der Waals surface area contributed by atoms with Crippen LogP contribution in [0.2, 0.25) is 0 Å². The topological polar surface area (TPSA) is 86.8 Å². The first-order chi connectivity index (χ1) is 21.2. The summed E-state index contributed by atoms with van der Waals surface area (Å²) in [5, 5.41) is 3.01. The SMILES string of the molecule is CCCCNC(=O)C(Cc1ccccc1)N(Cc1ccccc1)C(=O)CN(c1cccc(Br)c1)S(=O)(=O)c1ccc(C)cc1. The van der Waals surface area contributed by atoms with Gasteiger partial charge < -0.3 is 10.2 Å². The second kappa shape index (κ2) is 15.7. The standard InChI is InChI=1S/C35H38BrN3O4S/c1-3-4-22-37-35(41)33(23-28-12-7-5-8-13-28)38(25-29-14-9-6-10-15-29)34(40)26-39(31-17-11-16-30(36)24-31)44(42,43)32-20-18-27(2)19-21-32/h5-21,24,33H,3-4,22-23,25-26H2,1-2H3,(H,37,41). The van der Waals surface area contributed by atoms with Crippen LogP contribution in [-0.2, 0) is 32.6 Å². The number of benzene rings is 4. The molecular weight excluding hydrogens is 638 g/mol. The van der Waals surface area contributed by atoms with Crippen molar-refractivity contribution in [3.05, 3.63) is 130 Å². The summed E-state index contributed by atoms with van der Waals surface area (Å²) in [6, 6.07) is 31.5. The van der Waals surface area contributed by atoms with Crippen molar-refractivity contribution in [1.82, 2.24) is 10.2 Å². The average Bonchev–Trinajstić information content (AvgIpc) is 3.02. The second-order valence-electron chi connectivity index (χ2n) is 10.7. The van der Waals surface area contributed by atoms with Gasteiger partial charge in [0.15, 0.2) is 0 Å². The van der Waals surface area contributed by atoms with E-state index in [0.29, 0.717) is 16.7 Å². The number of anilines is 1. The molecule has 4 aromatic rings. The number of carbonyl (C=O) groups excluding carboxylic acids is 2. The molecule has 4 rings (SSSR count). The molecule has 0 aliphatic rings. The van der Waals surface area contributed by atoms with Gasteiger partial charge in [0.1, 0.15) is 12.6 Å². The highest BCUT2D eigenvalue weighted by atomic mass is 79.9. The maximum atomic E-state index is 14.4. The summed E-state index contributed by atoms with van der Waals surface area (Å²) in [6.45, 7) is 4.05. The van der Waals surface area contributed by atoms with Crippen molar-refractivity contribution in [2.24, 2.45) is 0 Å². The molecule has 1 N–H and O–H groups in total. The molecule has 0 aliphatic carbocycles. The van der Waals surface area contributed by atoms with Crippen molar-refractivity contribution < 1.29 is 18.0 Å². The van der Waals surface area contributed by atoms with Crippen LogP contribution in [-0.4, -0.2) is 44.3 Å². The Hall–Kier alpha value is -3.95. The Morgan fingerprint density at radius 2 is 1.48 bits per heavy atom. The highest BCUT2D eigenvalue weighted by Gasteiger charge is 2.34. The van der Waals surface area contributed by atoms with E-state index in [1.165, 1.54) is 4.90 Å². The molecule has 0 spiro atoms. The van der Waals surface area contributed by atoms with E-state index in [0.717, 1.165) is 33.8 Å². The summed E-state index contributed by atoms with van der Waals surface area (Å²) in [6.07, 6.45) is 2.00. The molecule has 4 aromatic carbocycles. The number of hydrogen-bond donors (Lipinski definition) is 1. The molecule has 230 valence electrons. The van der Waals surface area contributed by atoms with Crippen LogP contribution < -0.4 is 9.62 Å². The van der Waals surface area contributed by atoms with Crippen LogP contribution in [0, 0.1) is 6.92 Å². The van der Waals surface area contributed by atoms with Gasteiger partial charge in [-0.05, 0) is 54.8 Å². The molecule has 0 saturated heterocycles. The van der Waals surface area contributed by atoms with E-state index in [1.54, 1.807) is 48.5 Å². The molecule has 7 nitrogen and oxygen atoms in total. The van der Waals surface area contributed by atoms with Crippen LogP contribution in [0.5, 0.6) is 0 Å². The highest BCUT2D eigenvalue weighted by molar-refractivity contribution is 9.10. The number of unbranched alkanes of at least 4 members (excludes halogenated alkanes) is 1. The Morgan fingerprint density at radius 3 is 2.09 bits per heavy atom. The van der Waals surface area contributed by atoms with Gasteiger partial charge in [0.2, 0.25) is 11.8 Å². The summed E-state index contributed by atoms with van der Waals surface area (Å²) in [5.41, 5.74) is 2.97. The lowest BCUT2D eigenvalue weighted by atomic mass is 10.0. The first kappa shape index (κ1) is 33.0. The molecule has 0 aromatic heterocycles. The minimum Gasteiger partial charge on any atom is -0.354 e. The molecule has 1 atom stereocenters. The summed E-state index contributed by atoms with van der Waals surface area (Å²) < 4.78 is 30.0. The van der Waals surface area contributed by atoms with Gasteiger partial charge in [0, 0.05) is 24.0 Å². The molecule has 0 radical (unpaired) electrons. The van der Waals surface area contributed by atoms with Gasteiger partial charge in [-0.25, -0.2) is 8.42 Å². The fourth-order valence-corrected chi connectivity index (χ4v) is 6.63. The van der Waals surface area contributed by atoms with Crippen LogP contribution >= 0.6 is 15.9 Å². The lowest BCUT2D eigenvalue weighted by molar-refractivity contribution is -0.140. The largest absolute Gasteiger partial charge is 0.354 e. The van der Waals surface area contributed by atoms with Crippen LogP contribution in [0.1, 0.15) is 36.5 Å². The fourth-order valence-electron chi connectivity index (χ4n) is 4.84. The van der Waals surface area contributed by atoms with E-state index >= 15 is 0 Å². The minimum atomic E-state index is -4.15. The summed E-state index contributed by atoms with van der Waals surface area (Å²) >= 11 is 3.44. The first-order valence-electron chi connectivity index (χ1n) is 14.7. The van der Waals surface area contributed by atoms with Gasteiger partial charge in [-0.3, -0.25) is 13.9 Å². The number of sulfonamides is 1. The molecule has 44 heavy (non-hydrogen) atoms. The lowest BCUT2D eigenvalue weighted by Crippen LogP contribution is -2.53. The quantitative estimate of drug-likeness (QED) is 0.154. The van der Waals surface area contributed by atoms with Gasteiger partial charge in [0.25, 0.3) is 10.0 Å². The fraction of sp³-hybridized carbons (Fsp3) is 0.257. The van der Waals surface area contributed by atoms with Gasteiger partial charge in [-0.15, -0.1) is 0 Å². The zero-order valence-electron chi connectivity index (χ0n) is 25.0. The van der Waals surface area contributed by atoms with Crippen molar-refractivity contribution >= 4 is 43.5 Å². The normalized spacial score (nSPS) is 11.9. The van der Waals surface area contributed by atoms with Crippen LogP contribution in [0.15, 0.2) is 119 Å². The Labute approximate surface area is 269 Å². The molecule has 0 aliphatic heterocycles. The van der Waals surface area contributed by atoms with E-state index in [1.807, 2.05) is 74.5 Å². The maximum absolute atomic E-state index is 14.4. The molecule has 0 bridgehead atoms. The molecule has 2 amide bonds. The van der Waals surface area contributed by atoms with Gasteiger partial charge in [-0.2, -0.15) is 0 Å². The monoisotopic (exact) mass is 675 g/mol. The number of aryl methyl sites for hydroxylation is 1. The number of rotatable bonds is 14. The third kappa shape index (κ3) is 8.80. The maximum Gasteiger partial charge on any atom is 0.264 e. The predicted octanol–water partition coefficient (Wildman–Crippen LogP) is 6.51. The second-order valence-corrected chi connectivity index (χ2v) is 13.4. The Balaban J connectivity index is 1.77. The zero-order chi connectivity index (χ0) is 31.5. The lowest BCUT2D eigenvalue weighted by Gasteiger charge is -2.34. The summed E-state index contributed by atoms with van der Waals surface area (Å²) in [7, 11) is -4.15. The number of hydrogen-bond acceptors (Lipinski definition) is 4.